The second-order valence-corrected chi connectivity index (χ2v) is 4.34. The first-order chi connectivity index (χ1) is 9.25. The van der Waals surface area contributed by atoms with Crippen molar-refractivity contribution in [3.8, 4) is 0 Å². The normalized spacial score (nSPS) is 10.9. The van der Waals surface area contributed by atoms with Crippen LogP contribution in [0.15, 0.2) is 9.59 Å². The summed E-state index contributed by atoms with van der Waals surface area (Å²) < 4.78 is 2.73. The van der Waals surface area contributed by atoms with Crippen molar-refractivity contribution in [3.63, 3.8) is 0 Å². The molecule has 0 amide bonds. The lowest BCUT2D eigenvalue weighted by Gasteiger charge is -2.04. The van der Waals surface area contributed by atoms with Crippen molar-refractivity contribution < 1.29 is 9.72 Å². The number of carbonyl (C=O) groups excluding carboxylic acids is 1. The molecule has 2 aromatic heterocycles. The van der Waals surface area contributed by atoms with Gasteiger partial charge in [0.1, 0.15) is 5.78 Å². The van der Waals surface area contributed by atoms with E-state index in [0.29, 0.717) is 0 Å². The molecule has 106 valence electrons. The van der Waals surface area contributed by atoms with E-state index in [-0.39, 0.29) is 23.5 Å². The van der Waals surface area contributed by atoms with E-state index in [0.717, 1.165) is 13.7 Å². The Labute approximate surface area is 111 Å². The van der Waals surface area contributed by atoms with Crippen LogP contribution in [0.25, 0.3) is 11.2 Å². The third-order valence-electron chi connectivity index (χ3n) is 2.88. The number of imidazole rings is 1. The summed E-state index contributed by atoms with van der Waals surface area (Å²) in [6.07, 6.45) is 0. The van der Waals surface area contributed by atoms with Crippen LogP contribution >= 0.6 is 0 Å². The number of nitro groups is 1. The molecular formula is C10H11N5O5. The highest BCUT2D eigenvalue weighted by atomic mass is 16.6. The van der Waals surface area contributed by atoms with Gasteiger partial charge in [0.05, 0.1) is 13.6 Å². The minimum Gasteiger partial charge on any atom is -0.390 e. The molecular weight excluding hydrogens is 270 g/mol. The van der Waals surface area contributed by atoms with Crippen LogP contribution in [0.5, 0.6) is 0 Å². The number of hydrogen-bond donors (Lipinski definition) is 0. The summed E-state index contributed by atoms with van der Waals surface area (Å²) in [6, 6.07) is 0. The Kier molecular flexibility index (Phi) is 3.00. The lowest BCUT2D eigenvalue weighted by molar-refractivity contribution is -0.396. The van der Waals surface area contributed by atoms with Gasteiger partial charge in [-0.1, -0.05) is 0 Å². The highest BCUT2D eigenvalue weighted by molar-refractivity contribution is 5.78. The molecule has 2 aromatic rings. The van der Waals surface area contributed by atoms with E-state index in [1.807, 2.05) is 0 Å². The third-order valence-corrected chi connectivity index (χ3v) is 2.88. The topological polar surface area (TPSA) is 122 Å². The summed E-state index contributed by atoms with van der Waals surface area (Å²) in [7, 11) is 2.54. The minimum atomic E-state index is -0.762. The van der Waals surface area contributed by atoms with Crippen molar-refractivity contribution in [2.45, 2.75) is 13.5 Å². The van der Waals surface area contributed by atoms with E-state index in [9.17, 15) is 24.5 Å². The van der Waals surface area contributed by atoms with Gasteiger partial charge in [-0.15, -0.1) is 0 Å². The molecule has 0 N–H and O–H groups in total. The van der Waals surface area contributed by atoms with E-state index in [1.165, 1.54) is 21.0 Å². The summed E-state index contributed by atoms with van der Waals surface area (Å²) >= 11 is 0. The zero-order valence-corrected chi connectivity index (χ0v) is 11.0. The molecule has 0 spiro atoms. The molecule has 0 saturated heterocycles. The lowest BCUT2D eigenvalue weighted by atomic mass is 10.4. The predicted molar refractivity (Wildman–Crippen MR) is 67.6 cm³/mol. The average molecular weight is 281 g/mol. The van der Waals surface area contributed by atoms with Gasteiger partial charge in [0.15, 0.2) is 0 Å². The van der Waals surface area contributed by atoms with Crippen LogP contribution in [0.4, 0.5) is 5.95 Å². The van der Waals surface area contributed by atoms with Gasteiger partial charge in [-0.2, -0.15) is 0 Å². The van der Waals surface area contributed by atoms with Crippen molar-refractivity contribution in [3.05, 3.63) is 31.0 Å². The van der Waals surface area contributed by atoms with Gasteiger partial charge in [0.2, 0.25) is 5.52 Å². The monoisotopic (exact) mass is 281 g/mol. The van der Waals surface area contributed by atoms with E-state index in [1.54, 1.807) is 0 Å². The molecule has 0 bridgehead atoms. The number of aromatic nitrogens is 4. The SMILES string of the molecule is CC(=O)Cn1c(=O)n(C)c(=O)c2c1nc([N+](=O)[O-])n2C. The first kappa shape index (κ1) is 13.6. The molecule has 0 aliphatic rings. The molecule has 10 nitrogen and oxygen atoms in total. The Hall–Kier alpha value is -2.78. The van der Waals surface area contributed by atoms with Crippen LogP contribution in [0, 0.1) is 10.1 Å². The minimum absolute atomic E-state index is 0.0972. The molecule has 2 rings (SSSR count). The Morgan fingerprint density at radius 1 is 1.30 bits per heavy atom. The second-order valence-electron chi connectivity index (χ2n) is 4.34. The van der Waals surface area contributed by atoms with Crippen molar-refractivity contribution in [1.29, 1.82) is 0 Å². The van der Waals surface area contributed by atoms with Crippen LogP contribution in [-0.2, 0) is 25.4 Å². The molecule has 0 fully saturated rings. The molecule has 0 saturated carbocycles. The second kappa shape index (κ2) is 4.40. The van der Waals surface area contributed by atoms with Gasteiger partial charge < -0.3 is 10.1 Å². The summed E-state index contributed by atoms with van der Waals surface area (Å²) in [5, 5.41) is 10.9. The summed E-state index contributed by atoms with van der Waals surface area (Å²) in [5.41, 5.74) is -1.71. The number of Topliss-reactive ketones (excluding diaryl/α,β-unsaturated/α-hetero) is 1. The Morgan fingerprint density at radius 2 is 1.90 bits per heavy atom. The predicted octanol–water partition coefficient (Wildman–Crippen LogP) is -1.07. The first-order valence-corrected chi connectivity index (χ1v) is 5.55. The van der Waals surface area contributed by atoms with E-state index in [4.69, 9.17) is 0 Å². The Bertz CT molecular complexity index is 856. The lowest BCUT2D eigenvalue weighted by Crippen LogP contribution is -2.39. The van der Waals surface area contributed by atoms with Crippen molar-refractivity contribution in [1.82, 2.24) is 18.7 Å². The zero-order valence-electron chi connectivity index (χ0n) is 11.0. The summed E-state index contributed by atoms with van der Waals surface area (Å²) in [5.74, 6) is -0.902. The number of rotatable bonds is 3. The fourth-order valence-corrected chi connectivity index (χ4v) is 1.95. The van der Waals surface area contributed by atoms with Gasteiger partial charge in [-0.25, -0.2) is 9.36 Å². The Balaban J connectivity index is 3.03. The van der Waals surface area contributed by atoms with Gasteiger partial charge in [0.25, 0.3) is 11.2 Å². The largest absolute Gasteiger partial charge is 0.437 e. The van der Waals surface area contributed by atoms with Crippen LogP contribution in [0.2, 0.25) is 0 Å². The number of fused-ring (bicyclic) bond motifs is 1. The molecule has 20 heavy (non-hydrogen) atoms. The average Bonchev–Trinajstić information content (AvgIpc) is 2.69. The fourth-order valence-electron chi connectivity index (χ4n) is 1.95. The molecule has 0 aliphatic carbocycles. The third kappa shape index (κ3) is 1.81. The van der Waals surface area contributed by atoms with Crippen molar-refractivity contribution in [2.75, 3.05) is 0 Å². The van der Waals surface area contributed by atoms with Crippen LogP contribution < -0.4 is 11.2 Å². The molecule has 0 radical (unpaired) electrons. The van der Waals surface area contributed by atoms with Crippen LogP contribution in [0.1, 0.15) is 6.92 Å². The number of hydrogen-bond acceptors (Lipinski definition) is 6. The quantitative estimate of drug-likeness (QED) is 0.521. The van der Waals surface area contributed by atoms with Gasteiger partial charge in [-0.05, 0) is 16.8 Å². The van der Waals surface area contributed by atoms with Gasteiger partial charge >= 0.3 is 11.6 Å². The number of aryl methyl sites for hydroxylation is 1. The smallest absolute Gasteiger partial charge is 0.390 e. The maximum absolute atomic E-state index is 12.0. The molecule has 0 aliphatic heterocycles. The summed E-state index contributed by atoms with van der Waals surface area (Å²) in [6.45, 7) is 0.957. The molecule has 0 aromatic carbocycles. The zero-order chi connectivity index (χ0) is 15.2. The van der Waals surface area contributed by atoms with Gasteiger partial charge in [0, 0.05) is 7.05 Å². The van der Waals surface area contributed by atoms with Crippen molar-refractivity contribution >= 4 is 22.9 Å². The number of nitrogens with zero attached hydrogens (tertiary/aromatic N) is 5. The van der Waals surface area contributed by atoms with E-state index in [2.05, 4.69) is 4.98 Å². The Morgan fingerprint density at radius 3 is 2.40 bits per heavy atom. The van der Waals surface area contributed by atoms with Crippen LogP contribution in [0.3, 0.4) is 0 Å². The van der Waals surface area contributed by atoms with Crippen LogP contribution in [-0.4, -0.2) is 29.4 Å². The molecule has 0 unspecified atom stereocenters. The van der Waals surface area contributed by atoms with Crippen molar-refractivity contribution in [2.24, 2.45) is 14.1 Å². The van der Waals surface area contributed by atoms with E-state index < -0.39 is 22.1 Å². The molecule has 2 heterocycles. The summed E-state index contributed by atoms with van der Waals surface area (Å²) in [4.78, 5) is 49.0. The highest BCUT2D eigenvalue weighted by Crippen LogP contribution is 2.15. The number of carbonyl (C=O) groups is 1. The standard InChI is InChI=1S/C10H11N5O5/c1-5(16)4-14-7-6(8(17)13(3)10(14)18)12(2)9(11-7)15(19)20/h4H2,1-3H3. The highest BCUT2D eigenvalue weighted by Gasteiger charge is 2.26. The first-order valence-electron chi connectivity index (χ1n) is 5.55. The van der Waals surface area contributed by atoms with Gasteiger partial charge in [-0.3, -0.25) is 18.7 Å². The maximum atomic E-state index is 12.0. The fraction of sp³-hybridized carbons (Fsp3) is 0.400. The maximum Gasteiger partial charge on any atom is 0.437 e. The molecule has 10 heteroatoms. The van der Waals surface area contributed by atoms with E-state index >= 15 is 0 Å². The number of ketones is 1. The molecule has 0 atom stereocenters.